The van der Waals surface area contributed by atoms with Crippen molar-refractivity contribution in [2.45, 2.75) is 19.8 Å². The zero-order chi connectivity index (χ0) is 24.2. The minimum Gasteiger partial charge on any atom is -0.339 e. The summed E-state index contributed by atoms with van der Waals surface area (Å²) in [6.45, 7) is 6.06. The number of carbonyl (C=O) groups excluding carboxylic acids is 1. The van der Waals surface area contributed by atoms with Gasteiger partial charge in [-0.15, -0.1) is 0 Å². The summed E-state index contributed by atoms with van der Waals surface area (Å²) in [6, 6.07) is 15.5. The first-order valence-electron chi connectivity index (χ1n) is 11.8. The highest BCUT2D eigenvalue weighted by molar-refractivity contribution is 6.30. The standard InChI is InChI=1S/C26H27ClN6O2/c1-19-4-6-20(7-5-19)25-29-24(35-30-25)3-2-12-31-13-15-32(16-14-31)26(34)21-17-28-33(18-21)23-10-8-22(27)9-11-23/h4-11,17-18H,2-3,12-16H2,1H3. The number of rotatable bonds is 7. The zero-order valence-electron chi connectivity index (χ0n) is 19.6. The van der Waals surface area contributed by atoms with Gasteiger partial charge in [0.05, 0.1) is 17.4 Å². The van der Waals surface area contributed by atoms with Crippen LogP contribution in [0.1, 0.15) is 28.2 Å². The van der Waals surface area contributed by atoms with Gasteiger partial charge in [0.2, 0.25) is 11.7 Å². The number of hydrogen-bond donors (Lipinski definition) is 0. The fraction of sp³-hybridized carbons (Fsp3) is 0.308. The average molecular weight is 491 g/mol. The summed E-state index contributed by atoms with van der Waals surface area (Å²) in [7, 11) is 0. The van der Waals surface area contributed by atoms with Crippen LogP contribution in [0.3, 0.4) is 0 Å². The molecular weight excluding hydrogens is 464 g/mol. The van der Waals surface area contributed by atoms with Crippen molar-refractivity contribution in [3.63, 3.8) is 0 Å². The van der Waals surface area contributed by atoms with Crippen LogP contribution in [0.25, 0.3) is 17.1 Å². The van der Waals surface area contributed by atoms with Gasteiger partial charge in [-0.3, -0.25) is 9.69 Å². The smallest absolute Gasteiger partial charge is 0.257 e. The first-order chi connectivity index (χ1) is 17.0. The van der Waals surface area contributed by atoms with E-state index in [1.807, 2.05) is 41.3 Å². The van der Waals surface area contributed by atoms with Gasteiger partial charge in [0.15, 0.2) is 0 Å². The lowest BCUT2D eigenvalue weighted by Crippen LogP contribution is -2.48. The molecule has 2 aromatic carbocycles. The van der Waals surface area contributed by atoms with Crippen molar-refractivity contribution < 1.29 is 9.32 Å². The number of nitrogens with zero attached hydrogens (tertiary/aromatic N) is 6. The lowest BCUT2D eigenvalue weighted by molar-refractivity contribution is 0.0635. The molecule has 35 heavy (non-hydrogen) atoms. The molecule has 180 valence electrons. The van der Waals surface area contributed by atoms with E-state index in [4.69, 9.17) is 16.1 Å². The van der Waals surface area contributed by atoms with Crippen molar-refractivity contribution >= 4 is 17.5 Å². The summed E-state index contributed by atoms with van der Waals surface area (Å²) in [5.74, 6) is 1.30. The number of benzene rings is 2. The van der Waals surface area contributed by atoms with E-state index in [-0.39, 0.29) is 5.91 Å². The molecule has 4 aromatic rings. The molecule has 3 heterocycles. The van der Waals surface area contributed by atoms with Crippen LogP contribution in [-0.2, 0) is 6.42 Å². The third-order valence-corrected chi connectivity index (χ3v) is 6.48. The predicted octanol–water partition coefficient (Wildman–Crippen LogP) is 4.27. The van der Waals surface area contributed by atoms with Crippen LogP contribution in [-0.4, -0.2) is 68.4 Å². The van der Waals surface area contributed by atoms with Crippen LogP contribution in [0.4, 0.5) is 0 Å². The second kappa shape index (κ2) is 10.4. The SMILES string of the molecule is Cc1ccc(-c2noc(CCCN3CCN(C(=O)c4cnn(-c5ccc(Cl)cc5)c4)CC3)n2)cc1. The Bertz CT molecular complexity index is 1270. The minimum atomic E-state index is 0.0133. The van der Waals surface area contributed by atoms with Crippen LogP contribution in [0.2, 0.25) is 5.02 Å². The highest BCUT2D eigenvalue weighted by Crippen LogP contribution is 2.18. The topological polar surface area (TPSA) is 80.3 Å². The molecule has 9 heteroatoms. The summed E-state index contributed by atoms with van der Waals surface area (Å²) in [4.78, 5) is 21.7. The average Bonchev–Trinajstić information content (AvgIpc) is 3.56. The van der Waals surface area contributed by atoms with Gasteiger partial charge >= 0.3 is 0 Å². The molecule has 0 radical (unpaired) electrons. The zero-order valence-corrected chi connectivity index (χ0v) is 20.4. The molecule has 0 spiro atoms. The van der Waals surface area contributed by atoms with E-state index in [0.29, 0.717) is 35.4 Å². The number of piperazine rings is 1. The fourth-order valence-electron chi connectivity index (χ4n) is 4.16. The summed E-state index contributed by atoms with van der Waals surface area (Å²) >= 11 is 5.95. The van der Waals surface area contributed by atoms with Crippen LogP contribution in [0.15, 0.2) is 65.4 Å². The Labute approximate surface area is 209 Å². The molecule has 1 amide bonds. The van der Waals surface area contributed by atoms with Gasteiger partial charge in [-0.1, -0.05) is 46.6 Å². The molecule has 1 fully saturated rings. The van der Waals surface area contributed by atoms with E-state index >= 15 is 0 Å². The van der Waals surface area contributed by atoms with E-state index in [9.17, 15) is 4.79 Å². The molecule has 5 rings (SSSR count). The first-order valence-corrected chi connectivity index (χ1v) is 12.1. The number of aromatic nitrogens is 4. The van der Waals surface area contributed by atoms with Gasteiger partial charge in [-0.25, -0.2) is 4.68 Å². The van der Waals surface area contributed by atoms with E-state index in [1.165, 1.54) is 5.56 Å². The van der Waals surface area contributed by atoms with Gasteiger partial charge in [0, 0.05) is 49.4 Å². The van der Waals surface area contributed by atoms with Crippen LogP contribution in [0.5, 0.6) is 0 Å². The number of amides is 1. The molecule has 0 aliphatic carbocycles. The maximum Gasteiger partial charge on any atom is 0.257 e. The first kappa shape index (κ1) is 23.3. The summed E-state index contributed by atoms with van der Waals surface area (Å²) < 4.78 is 7.13. The van der Waals surface area contributed by atoms with Crippen molar-refractivity contribution in [2.75, 3.05) is 32.7 Å². The van der Waals surface area contributed by atoms with Gasteiger partial charge < -0.3 is 9.42 Å². The summed E-state index contributed by atoms with van der Waals surface area (Å²) in [5, 5.41) is 9.11. The van der Waals surface area contributed by atoms with E-state index < -0.39 is 0 Å². The molecule has 0 N–H and O–H groups in total. The Morgan fingerprint density at radius 2 is 1.77 bits per heavy atom. The largest absolute Gasteiger partial charge is 0.339 e. The molecule has 0 atom stereocenters. The Morgan fingerprint density at radius 1 is 1.03 bits per heavy atom. The number of carbonyl (C=O) groups is 1. The van der Waals surface area contributed by atoms with E-state index in [1.54, 1.807) is 29.2 Å². The third-order valence-electron chi connectivity index (χ3n) is 6.22. The summed E-state index contributed by atoms with van der Waals surface area (Å²) in [5.41, 5.74) is 3.62. The normalized spacial score (nSPS) is 14.4. The number of halogens is 1. The van der Waals surface area contributed by atoms with Gasteiger partial charge in [0.25, 0.3) is 5.91 Å². The third kappa shape index (κ3) is 5.61. The lowest BCUT2D eigenvalue weighted by Gasteiger charge is -2.34. The van der Waals surface area contributed by atoms with Gasteiger partial charge in [0.1, 0.15) is 0 Å². The second-order valence-corrected chi connectivity index (χ2v) is 9.20. The Morgan fingerprint density at radius 3 is 2.51 bits per heavy atom. The second-order valence-electron chi connectivity index (χ2n) is 8.77. The van der Waals surface area contributed by atoms with Crippen molar-refractivity contribution in [3.05, 3.63) is 83.0 Å². The van der Waals surface area contributed by atoms with Crippen molar-refractivity contribution in [1.29, 1.82) is 0 Å². The van der Waals surface area contributed by atoms with Crippen LogP contribution < -0.4 is 0 Å². The number of aryl methyl sites for hydroxylation is 2. The summed E-state index contributed by atoms with van der Waals surface area (Å²) in [6.07, 6.45) is 5.06. The molecular formula is C26H27ClN6O2. The molecule has 0 saturated carbocycles. The highest BCUT2D eigenvalue weighted by Gasteiger charge is 2.23. The van der Waals surface area contributed by atoms with Crippen LogP contribution >= 0.6 is 11.6 Å². The minimum absolute atomic E-state index is 0.0133. The maximum atomic E-state index is 12.9. The maximum absolute atomic E-state index is 12.9. The molecule has 0 bridgehead atoms. The quantitative estimate of drug-likeness (QED) is 0.385. The van der Waals surface area contributed by atoms with E-state index in [0.717, 1.165) is 43.7 Å². The lowest BCUT2D eigenvalue weighted by atomic mass is 10.1. The fourth-order valence-corrected chi connectivity index (χ4v) is 4.28. The van der Waals surface area contributed by atoms with Crippen molar-refractivity contribution in [1.82, 2.24) is 29.7 Å². The van der Waals surface area contributed by atoms with Crippen molar-refractivity contribution in [3.8, 4) is 17.1 Å². The molecule has 8 nitrogen and oxygen atoms in total. The molecule has 1 aliphatic rings. The Hall–Kier alpha value is -3.49. The van der Waals surface area contributed by atoms with Crippen molar-refractivity contribution in [2.24, 2.45) is 0 Å². The Kier molecular flexibility index (Phi) is 6.92. The molecule has 1 aliphatic heterocycles. The number of hydrogen-bond acceptors (Lipinski definition) is 6. The molecule has 1 saturated heterocycles. The van der Waals surface area contributed by atoms with Gasteiger partial charge in [-0.2, -0.15) is 10.1 Å². The van der Waals surface area contributed by atoms with Crippen LogP contribution in [0, 0.1) is 6.92 Å². The Balaban J connectivity index is 1.07. The highest BCUT2D eigenvalue weighted by atomic mass is 35.5. The predicted molar refractivity (Wildman–Crippen MR) is 134 cm³/mol. The molecule has 2 aromatic heterocycles. The molecule has 0 unspecified atom stereocenters. The van der Waals surface area contributed by atoms with Gasteiger partial charge in [-0.05, 0) is 44.2 Å². The monoisotopic (exact) mass is 490 g/mol. The van der Waals surface area contributed by atoms with E-state index in [2.05, 4.69) is 27.1 Å².